The van der Waals surface area contributed by atoms with Crippen LogP contribution in [0, 0.1) is 0 Å². The third-order valence-electron chi connectivity index (χ3n) is 0.394. The number of rotatable bonds is 2. The van der Waals surface area contributed by atoms with Gasteiger partial charge in [-0.3, -0.25) is 0 Å². The second kappa shape index (κ2) is 4.85. The van der Waals surface area contributed by atoms with Crippen molar-refractivity contribution in [1.29, 1.82) is 0 Å². The molecule has 8 nitrogen and oxygen atoms in total. The van der Waals surface area contributed by atoms with E-state index in [4.69, 9.17) is 15.3 Å². The van der Waals surface area contributed by atoms with E-state index in [1.165, 1.54) is 0 Å². The zero-order valence-corrected chi connectivity index (χ0v) is 6.61. The molecule has 0 aliphatic carbocycles. The van der Waals surface area contributed by atoms with E-state index in [9.17, 15) is 9.13 Å². The van der Waals surface area contributed by atoms with Gasteiger partial charge in [0.2, 0.25) is 0 Å². The Morgan fingerprint density at radius 3 is 1.82 bits per heavy atom. The monoisotopic (exact) mass is 200 g/mol. The van der Waals surface area contributed by atoms with E-state index in [2.05, 4.69) is 13.8 Å². The first-order chi connectivity index (χ1) is 5.06. The van der Waals surface area contributed by atoms with Gasteiger partial charge in [-0.1, -0.05) is 4.79 Å². The van der Waals surface area contributed by atoms with Crippen molar-refractivity contribution >= 4 is 22.6 Å². The van der Waals surface area contributed by atoms with Gasteiger partial charge in [0.1, 0.15) is 0 Å². The summed E-state index contributed by atoms with van der Waals surface area (Å²) in [6.07, 6.45) is -1.14. The first-order valence-electron chi connectivity index (χ1n) is 1.96. The van der Waals surface area contributed by atoms with Crippen LogP contribution in [-0.2, 0) is 18.2 Å². The van der Waals surface area contributed by atoms with Crippen LogP contribution in [0.25, 0.3) is 5.53 Å². The van der Waals surface area contributed by atoms with Crippen molar-refractivity contribution in [1.82, 2.24) is 0 Å². The number of hydrogen-bond acceptors (Lipinski definition) is 4. The predicted molar refractivity (Wildman–Crippen MR) is 30.4 cm³/mol. The van der Waals surface area contributed by atoms with Gasteiger partial charge < -0.3 is 5.53 Å². The van der Waals surface area contributed by atoms with E-state index in [1.807, 2.05) is 0 Å². The molecule has 0 aromatic heterocycles. The standard InChI is InChI=1S/CN2O6P2/c2-3-1(8-10(4)5)9-11(6)7/p+2. The molecule has 0 aliphatic heterocycles. The van der Waals surface area contributed by atoms with Crippen molar-refractivity contribution in [3.05, 3.63) is 5.53 Å². The maximum atomic E-state index is 9.83. The molecule has 0 bridgehead atoms. The molecule has 10 heteroatoms. The van der Waals surface area contributed by atoms with Crippen LogP contribution in [0.5, 0.6) is 0 Å². The number of nitrogens with zero attached hydrogens (tertiary/aromatic N) is 2. The van der Waals surface area contributed by atoms with Gasteiger partial charge in [0.05, 0.1) is 0 Å². The maximum absolute atomic E-state index is 9.83. The summed E-state index contributed by atoms with van der Waals surface area (Å²) in [7, 11) is -6.16. The Balaban J connectivity index is 4.10. The van der Waals surface area contributed by atoms with Crippen LogP contribution in [0.15, 0.2) is 0 Å². The van der Waals surface area contributed by atoms with Crippen LogP contribution in [0.4, 0.5) is 0 Å². The Bertz CT molecular complexity index is 213. The molecule has 2 N–H and O–H groups in total. The Labute approximate surface area is 61.9 Å². The van der Waals surface area contributed by atoms with Crippen molar-refractivity contribution in [2.75, 3.05) is 0 Å². The van der Waals surface area contributed by atoms with Crippen LogP contribution in [0.3, 0.4) is 0 Å². The molecule has 0 aromatic rings. The minimum Gasteiger partial charge on any atom is -0.353 e. The van der Waals surface area contributed by atoms with E-state index in [0.29, 0.717) is 0 Å². The lowest BCUT2D eigenvalue weighted by Crippen LogP contribution is -2.01. The average molecular weight is 200 g/mol. The Kier molecular flexibility index (Phi) is 4.45. The van der Waals surface area contributed by atoms with Crippen molar-refractivity contribution in [3.8, 4) is 0 Å². The lowest BCUT2D eigenvalue weighted by atomic mass is 11.4. The smallest absolute Gasteiger partial charge is 0.353 e. The molecule has 0 aromatic carbocycles. The fourth-order valence-electron chi connectivity index (χ4n) is 0.187. The molecule has 0 spiro atoms. The highest BCUT2D eigenvalue weighted by Gasteiger charge is 2.37. The van der Waals surface area contributed by atoms with Crippen molar-refractivity contribution in [3.63, 3.8) is 0 Å². The molecule has 0 rings (SSSR count). The van der Waals surface area contributed by atoms with E-state index in [0.717, 1.165) is 0 Å². The summed E-state index contributed by atoms with van der Waals surface area (Å²) < 4.78 is 27.1. The topological polar surface area (TPSA) is 129 Å². The first-order valence-corrected chi connectivity index (χ1v) is 4.22. The Hall–Kier alpha value is -0.900. The van der Waals surface area contributed by atoms with Crippen LogP contribution >= 0.6 is 16.5 Å². The molecule has 11 heavy (non-hydrogen) atoms. The molecule has 0 amide bonds. The molecule has 0 heterocycles. The fourth-order valence-corrected chi connectivity index (χ4v) is 0.660. The normalized spacial score (nSPS) is 11.1. The second-order valence-corrected chi connectivity index (χ2v) is 2.34. The van der Waals surface area contributed by atoms with Gasteiger partial charge in [-0.05, 0) is 0 Å². The minimum atomic E-state index is -3.08. The van der Waals surface area contributed by atoms with Crippen LogP contribution in [-0.4, -0.2) is 20.7 Å². The van der Waals surface area contributed by atoms with E-state index in [1.54, 1.807) is 0 Å². The number of hydrogen-bond donors (Lipinski definition) is 2. The zero-order chi connectivity index (χ0) is 8.85. The fraction of sp³-hybridized carbons (Fsp3) is 0. The average Bonchev–Trinajstić information content (AvgIpc) is 1.84. The quantitative estimate of drug-likeness (QED) is 0.210. The first kappa shape index (κ1) is 10.1. The summed E-state index contributed by atoms with van der Waals surface area (Å²) in [6.45, 7) is 0. The van der Waals surface area contributed by atoms with Gasteiger partial charge in [-0.2, -0.15) is 0 Å². The third kappa shape index (κ3) is 5.54. The molecule has 2 atom stereocenters. The Morgan fingerprint density at radius 2 is 1.64 bits per heavy atom. The van der Waals surface area contributed by atoms with Gasteiger partial charge in [0.15, 0.2) is 0 Å². The summed E-state index contributed by atoms with van der Waals surface area (Å²) in [5.74, 6) is 0. The molecule has 0 fully saturated rings. The molecule has 0 saturated heterocycles. The molecule has 2 unspecified atom stereocenters. The molecule has 0 radical (unpaired) electrons. The highest BCUT2D eigenvalue weighted by atomic mass is 31.1. The van der Waals surface area contributed by atoms with Crippen molar-refractivity contribution in [2.24, 2.45) is 0 Å². The van der Waals surface area contributed by atoms with E-state index in [-0.39, 0.29) is 0 Å². The summed E-state index contributed by atoms with van der Waals surface area (Å²) in [6, 6.07) is 0. The molecule has 0 saturated carbocycles. The van der Waals surface area contributed by atoms with Crippen LogP contribution in [0.2, 0.25) is 0 Å². The predicted octanol–water partition coefficient (Wildman–Crippen LogP) is -0.0952. The summed E-state index contributed by atoms with van der Waals surface area (Å²) in [4.78, 5) is 18.2. The van der Waals surface area contributed by atoms with Gasteiger partial charge in [0.25, 0.3) is 0 Å². The minimum absolute atomic E-state index is 1.14. The van der Waals surface area contributed by atoms with Gasteiger partial charge >= 0.3 is 22.6 Å². The van der Waals surface area contributed by atoms with E-state index >= 15 is 0 Å². The van der Waals surface area contributed by atoms with Crippen LogP contribution in [0.1, 0.15) is 0 Å². The van der Waals surface area contributed by atoms with Crippen molar-refractivity contribution < 1.29 is 32.8 Å². The largest absolute Gasteiger partial charge is 0.765 e. The highest BCUT2D eigenvalue weighted by molar-refractivity contribution is 7.34. The van der Waals surface area contributed by atoms with Crippen LogP contribution < -0.4 is 0 Å². The highest BCUT2D eigenvalue weighted by Crippen LogP contribution is 2.21. The molecular formula is CH2N2O6P2+2. The Morgan fingerprint density at radius 1 is 1.27 bits per heavy atom. The van der Waals surface area contributed by atoms with E-state index < -0.39 is 22.6 Å². The maximum Gasteiger partial charge on any atom is 0.765 e. The lowest BCUT2D eigenvalue weighted by molar-refractivity contribution is -0.0545. The second-order valence-electron chi connectivity index (χ2n) is 1.02. The third-order valence-corrected chi connectivity index (χ3v) is 1.02. The molecular weight excluding hydrogens is 198 g/mol. The SMILES string of the molecule is [N-]=[N+]=C(O[P+](=O)O)O[P+](=O)O. The summed E-state index contributed by atoms with van der Waals surface area (Å²) in [5, 5.41) is 0. The summed E-state index contributed by atoms with van der Waals surface area (Å²) in [5.41, 5.74) is 7.88. The summed E-state index contributed by atoms with van der Waals surface area (Å²) >= 11 is 0. The molecule has 0 aliphatic rings. The molecule has 60 valence electrons. The van der Waals surface area contributed by atoms with Crippen molar-refractivity contribution in [2.45, 2.75) is 0 Å². The van der Waals surface area contributed by atoms with Gasteiger partial charge in [-0.15, -0.1) is 18.8 Å². The van der Waals surface area contributed by atoms with Gasteiger partial charge in [0, 0.05) is 9.13 Å². The lowest BCUT2D eigenvalue weighted by Gasteiger charge is -1.71. The zero-order valence-electron chi connectivity index (χ0n) is 4.82. The van der Waals surface area contributed by atoms with Gasteiger partial charge in [-0.25, -0.2) is 0 Å².